The lowest BCUT2D eigenvalue weighted by Crippen LogP contribution is -2.60. The van der Waals surface area contributed by atoms with Crippen molar-refractivity contribution in [3.63, 3.8) is 0 Å². The Morgan fingerprint density at radius 1 is 1.37 bits per heavy atom. The van der Waals surface area contributed by atoms with Crippen LogP contribution in [0.3, 0.4) is 0 Å². The van der Waals surface area contributed by atoms with Crippen molar-refractivity contribution < 1.29 is 16.4 Å². The maximum absolute atomic E-state index is 10.2. The smallest absolute Gasteiger partial charge is 0.126 e. The van der Waals surface area contributed by atoms with Crippen LogP contribution in [-0.2, 0) is 4.74 Å². The lowest BCUT2D eigenvalue weighted by Gasteiger charge is -2.41. The van der Waals surface area contributed by atoms with Crippen molar-refractivity contribution >= 4 is 21.0 Å². The first-order valence-electron chi connectivity index (χ1n) is 6.68. The minimum atomic E-state index is -1.00. The van der Waals surface area contributed by atoms with Gasteiger partial charge in [-0.3, -0.25) is 0 Å². The number of rotatable bonds is 4. The molecule has 3 unspecified atom stereocenters. The molecule has 0 saturated carbocycles. The summed E-state index contributed by atoms with van der Waals surface area (Å²) in [6.45, 7) is 1.73. The van der Waals surface area contributed by atoms with Gasteiger partial charge in [0, 0.05) is 11.2 Å². The van der Waals surface area contributed by atoms with Crippen LogP contribution in [0.4, 0.5) is 0 Å². The number of aliphatic hydroxyl groups is 2. The van der Waals surface area contributed by atoms with E-state index in [0.717, 1.165) is 4.90 Å². The Morgan fingerprint density at radius 2 is 2.05 bits per heavy atom. The highest BCUT2D eigenvalue weighted by molar-refractivity contribution is 7.99. The van der Waals surface area contributed by atoms with Crippen molar-refractivity contribution in [3.8, 4) is 0 Å². The number of benzene rings is 1. The third-order valence-corrected chi connectivity index (χ3v) is 4.50. The molecule has 0 aliphatic carbocycles. The van der Waals surface area contributed by atoms with Gasteiger partial charge < -0.3 is 20.3 Å². The molecule has 4 nitrogen and oxygen atoms in total. The van der Waals surface area contributed by atoms with Gasteiger partial charge in [0.1, 0.15) is 19.1 Å². The van der Waals surface area contributed by atoms with E-state index in [0.29, 0.717) is 6.29 Å². The highest BCUT2D eigenvalue weighted by Crippen LogP contribution is 2.33. The molecule has 6 atom stereocenters. The molecule has 1 aliphatic rings. The minimum absolute atomic E-state index is 0.373. The van der Waals surface area contributed by atoms with Crippen LogP contribution in [0.5, 0.6) is 0 Å². The summed E-state index contributed by atoms with van der Waals surface area (Å²) in [6, 6.07) is 9.14. The highest BCUT2D eigenvalue weighted by atomic mass is 32.2. The molecule has 1 fully saturated rings. The summed E-state index contributed by atoms with van der Waals surface area (Å²) in [5.41, 5.74) is -0.399. The van der Waals surface area contributed by atoms with E-state index in [9.17, 15) is 10.2 Å². The number of aliphatic hydroxyl groups excluding tert-OH is 2. The molecule has 0 spiro atoms. The molecule has 1 aliphatic heterocycles. The lowest BCUT2D eigenvalue weighted by molar-refractivity contribution is -0.153. The first-order chi connectivity index (χ1) is 9.54. The molecule has 1 aromatic rings. The van der Waals surface area contributed by atoms with Crippen LogP contribution < -0.4 is 5.31 Å². The van der Waals surface area contributed by atoms with Crippen molar-refractivity contribution in [2.45, 2.75) is 41.6 Å². The number of ether oxygens (including phenoxy) is 1. The Labute approximate surface area is 121 Å². The standard InChI is InChI=1S/C13H20NO3PS/c1-8-11(15)12(16)10(14-7-18)13(17-8)19-9-5-3-2-4-6-9/h2-6,8,10-16H,7,18H2,1H3/t8?,10?,11-,12-,13+/m1/s1/i/hT. The van der Waals surface area contributed by atoms with E-state index in [1.54, 1.807) is 6.92 Å². The van der Waals surface area contributed by atoms with Crippen molar-refractivity contribution in [1.82, 2.24) is 5.31 Å². The lowest BCUT2D eigenvalue weighted by atomic mass is 9.99. The third kappa shape index (κ3) is 3.69. The molecule has 0 bridgehead atoms. The predicted molar refractivity (Wildman–Crippen MR) is 80.1 cm³/mol. The number of thioether (sulfide) groups is 1. The zero-order valence-corrected chi connectivity index (χ0v) is 12.7. The Bertz CT molecular complexity index is 427. The van der Waals surface area contributed by atoms with Gasteiger partial charge in [-0.2, -0.15) is 0 Å². The molecule has 2 rings (SSSR count). The second-order valence-corrected chi connectivity index (χ2v) is 6.01. The molecular formula is C13H20NO3PS. The summed E-state index contributed by atoms with van der Waals surface area (Å²) in [5.74, 6) is 0. The minimum Gasteiger partial charge on any atom is -0.389 e. The number of hydrogen-bond donors (Lipinski definition) is 3. The van der Waals surface area contributed by atoms with Crippen LogP contribution in [0.15, 0.2) is 35.2 Å². The van der Waals surface area contributed by atoms with Gasteiger partial charge in [-0.25, -0.2) is 0 Å². The van der Waals surface area contributed by atoms with E-state index in [1.807, 2.05) is 30.3 Å². The SMILES string of the molecule is [3H]N(CP)C1[C@@H](O)[C@H](O)C(C)O[C@H]1Sc1ccccc1. The molecule has 0 aromatic heterocycles. The molecule has 1 saturated heterocycles. The van der Waals surface area contributed by atoms with Crippen LogP contribution >= 0.6 is 21.0 Å². The predicted octanol–water partition coefficient (Wildman–Crippen LogP) is 1.04. The van der Waals surface area contributed by atoms with E-state index in [2.05, 4.69) is 9.24 Å². The van der Waals surface area contributed by atoms with Crippen LogP contribution in [0.1, 0.15) is 6.92 Å². The first-order valence-corrected chi connectivity index (χ1v) is 7.93. The van der Waals surface area contributed by atoms with Gasteiger partial charge in [-0.05, 0) is 19.1 Å². The van der Waals surface area contributed by atoms with E-state index in [1.165, 1.54) is 17.1 Å². The fourth-order valence-corrected chi connectivity index (χ4v) is 3.50. The van der Waals surface area contributed by atoms with Gasteiger partial charge in [0.2, 0.25) is 0 Å². The molecule has 1 aromatic carbocycles. The van der Waals surface area contributed by atoms with Crippen LogP contribution in [0.25, 0.3) is 0 Å². The quantitative estimate of drug-likeness (QED) is 0.726. The summed E-state index contributed by atoms with van der Waals surface area (Å²) in [4.78, 5) is 1.01. The van der Waals surface area contributed by atoms with Gasteiger partial charge in [0.25, 0.3) is 0 Å². The summed E-state index contributed by atoms with van der Waals surface area (Å²) in [5, 5.41) is 21.4. The van der Waals surface area contributed by atoms with Gasteiger partial charge in [0.15, 0.2) is 0 Å². The summed E-state index contributed by atoms with van der Waals surface area (Å²) in [7, 11) is 2.45. The second-order valence-electron chi connectivity index (χ2n) is 4.48. The highest BCUT2D eigenvalue weighted by Gasteiger charge is 2.42. The molecule has 19 heavy (non-hydrogen) atoms. The van der Waals surface area contributed by atoms with Crippen LogP contribution in [0, 0.1) is 0 Å². The summed E-state index contributed by atoms with van der Waals surface area (Å²) >= 11 is 1.46. The molecule has 0 radical (unpaired) electrons. The maximum atomic E-state index is 10.2. The third-order valence-electron chi connectivity index (χ3n) is 3.12. The maximum Gasteiger partial charge on any atom is 0.126 e. The fraction of sp³-hybridized carbons (Fsp3) is 0.538. The van der Waals surface area contributed by atoms with Gasteiger partial charge in [0.05, 0.1) is 12.1 Å². The summed E-state index contributed by atoms with van der Waals surface area (Å²) in [6.07, 6.45) is -2.06. The Morgan fingerprint density at radius 3 is 2.68 bits per heavy atom. The van der Waals surface area contributed by atoms with Crippen molar-refractivity contribution in [1.29, 1.82) is 0 Å². The molecule has 3 N–H and O–H groups in total. The first kappa shape index (κ1) is 13.8. The van der Waals surface area contributed by atoms with Crippen LogP contribution in [0.2, 0.25) is 1.41 Å². The van der Waals surface area contributed by atoms with E-state index in [4.69, 9.17) is 6.15 Å². The Kier molecular flexibility index (Phi) is 5.10. The van der Waals surface area contributed by atoms with Crippen molar-refractivity contribution in [2.24, 2.45) is 0 Å². The molecule has 6 heteroatoms. The molecule has 0 amide bonds. The molecule has 1 heterocycles. The number of hydrogen-bond acceptors (Lipinski definition) is 5. The van der Waals surface area contributed by atoms with Gasteiger partial charge >= 0.3 is 0 Å². The van der Waals surface area contributed by atoms with Gasteiger partial charge in [-0.1, -0.05) is 30.0 Å². The second kappa shape index (κ2) is 7.02. The largest absolute Gasteiger partial charge is 0.389 e. The van der Waals surface area contributed by atoms with Crippen LogP contribution in [-0.4, -0.2) is 46.3 Å². The monoisotopic (exact) mass is 303 g/mol. The molecular weight excluding hydrogens is 281 g/mol. The molecule has 106 valence electrons. The Hall–Kier alpha value is -0.160. The Balaban J connectivity index is 2.18. The summed E-state index contributed by atoms with van der Waals surface area (Å²) < 4.78 is 13.7. The number of nitrogens with one attached hydrogen (secondary N) is 1. The normalized spacial score (nSPS) is 36.3. The van der Waals surface area contributed by atoms with E-state index >= 15 is 0 Å². The van der Waals surface area contributed by atoms with E-state index in [-0.39, 0.29) is 0 Å². The topological polar surface area (TPSA) is 61.7 Å². The van der Waals surface area contributed by atoms with Gasteiger partial charge in [-0.15, -0.1) is 9.24 Å². The van der Waals surface area contributed by atoms with Crippen molar-refractivity contribution in [2.75, 3.05) is 6.29 Å². The average molecular weight is 303 g/mol. The fourth-order valence-electron chi connectivity index (χ4n) is 2.06. The zero-order chi connectivity index (χ0) is 14.7. The average Bonchev–Trinajstić information content (AvgIpc) is 2.45. The zero-order valence-electron chi connectivity index (χ0n) is 11.7. The van der Waals surface area contributed by atoms with E-state index < -0.39 is 29.8 Å². The van der Waals surface area contributed by atoms with Crippen molar-refractivity contribution in [3.05, 3.63) is 30.3 Å².